The Labute approximate surface area is 151 Å². The number of hydrogen-bond acceptors (Lipinski definition) is 0. The summed E-state index contributed by atoms with van der Waals surface area (Å²) >= 11 is 0. The fourth-order valence-corrected chi connectivity index (χ4v) is 5.23. The van der Waals surface area contributed by atoms with Crippen molar-refractivity contribution in [3.05, 3.63) is 72.3 Å². The van der Waals surface area contributed by atoms with Crippen LogP contribution in [0.5, 0.6) is 0 Å². The van der Waals surface area contributed by atoms with E-state index in [1.807, 2.05) is 0 Å². The van der Waals surface area contributed by atoms with E-state index in [2.05, 4.69) is 66.7 Å². The molecule has 116 valence electrons. The van der Waals surface area contributed by atoms with Crippen molar-refractivity contribution in [3.63, 3.8) is 0 Å². The Morgan fingerprint density at radius 1 is 0.462 bits per heavy atom. The van der Waals surface area contributed by atoms with Gasteiger partial charge in [0.1, 0.15) is 0 Å². The van der Waals surface area contributed by atoms with Gasteiger partial charge < -0.3 is 0 Å². The molecule has 0 nitrogen and oxygen atoms in total. The topological polar surface area (TPSA) is 0 Å². The normalized spacial score (nSPS) is 12.9. The molecule has 0 aliphatic rings. The summed E-state index contributed by atoms with van der Waals surface area (Å²) in [7, 11) is 6.13. The van der Waals surface area contributed by atoms with E-state index in [9.17, 15) is 0 Å². The van der Waals surface area contributed by atoms with Crippen LogP contribution < -0.4 is 0 Å². The van der Waals surface area contributed by atoms with Crippen molar-refractivity contribution >= 4 is 72.5 Å². The lowest BCUT2D eigenvalue weighted by Gasteiger charge is -2.21. The van der Waals surface area contributed by atoms with Gasteiger partial charge in [-0.15, -0.1) is 0 Å². The maximum atomic E-state index is 6.13. The van der Waals surface area contributed by atoms with Crippen LogP contribution in [0.3, 0.4) is 0 Å². The van der Waals surface area contributed by atoms with Crippen LogP contribution in [0.15, 0.2) is 66.7 Å². The van der Waals surface area contributed by atoms with Crippen molar-refractivity contribution < 1.29 is 0 Å². The molecule has 2 radical (unpaired) electrons. The minimum absolute atomic E-state index is 0.567. The minimum atomic E-state index is 0.567. The van der Waals surface area contributed by atoms with E-state index >= 15 is 0 Å². The van der Waals surface area contributed by atoms with Crippen molar-refractivity contribution in [1.29, 1.82) is 0 Å². The quantitative estimate of drug-likeness (QED) is 0.182. The van der Waals surface area contributed by atoms with Gasteiger partial charge in [-0.05, 0) is 70.2 Å². The minimum Gasteiger partial charge on any atom is -0.0637 e. The van der Waals surface area contributed by atoms with Gasteiger partial charge >= 0.3 is 0 Å². The highest BCUT2D eigenvalue weighted by Crippen LogP contribution is 2.48. The Balaban J connectivity index is 2.05. The molecule has 1 heteroatoms. The molecule has 0 fully saturated rings. The molecule has 0 atom stereocenters. The lowest BCUT2D eigenvalue weighted by atomic mass is 9.80. The van der Waals surface area contributed by atoms with E-state index in [-0.39, 0.29) is 0 Å². The molecule has 7 rings (SSSR count). The predicted molar refractivity (Wildman–Crippen MR) is 114 cm³/mol. The van der Waals surface area contributed by atoms with Gasteiger partial charge in [-0.2, -0.15) is 0 Å². The lowest BCUT2D eigenvalue weighted by Crippen LogP contribution is -1.95. The van der Waals surface area contributed by atoms with Gasteiger partial charge in [0.25, 0.3) is 0 Å². The van der Waals surface area contributed by atoms with E-state index in [0.717, 1.165) is 0 Å². The summed E-state index contributed by atoms with van der Waals surface area (Å²) in [5.41, 5.74) is 1.23. The van der Waals surface area contributed by atoms with Crippen LogP contribution in [-0.4, -0.2) is 7.85 Å². The van der Waals surface area contributed by atoms with Crippen LogP contribution in [0.4, 0.5) is 0 Å². The SMILES string of the molecule is [B]Cc1cc2ccc3ccc4ccc5ccc6ccc1c1c6c5c4c3c21. The molecule has 7 aromatic carbocycles. The standard InChI is InChI=1S/C25H13B/c26-12-18-11-17-8-7-15-4-2-13-1-3-14-5-6-16-9-10-19(18)25-23(16)21(14)20(13)22(15)24(17)25/h1-11H,12H2. The van der Waals surface area contributed by atoms with Crippen LogP contribution >= 0.6 is 0 Å². The van der Waals surface area contributed by atoms with Gasteiger partial charge in [0.2, 0.25) is 0 Å². The summed E-state index contributed by atoms with van der Waals surface area (Å²) in [4.78, 5) is 0. The fraction of sp³-hybridized carbons (Fsp3) is 0.0400. The highest BCUT2D eigenvalue weighted by Gasteiger charge is 2.20. The summed E-state index contributed by atoms with van der Waals surface area (Å²) in [5, 5.41) is 16.3. The Bertz CT molecular complexity index is 1550. The Morgan fingerprint density at radius 2 is 0.846 bits per heavy atom. The van der Waals surface area contributed by atoms with Gasteiger partial charge in [0, 0.05) is 0 Å². The second-order valence-electron chi connectivity index (χ2n) is 7.48. The molecule has 26 heavy (non-hydrogen) atoms. The first-order valence-corrected chi connectivity index (χ1v) is 9.14. The highest BCUT2D eigenvalue weighted by atomic mass is 14.2. The first-order valence-electron chi connectivity index (χ1n) is 9.14. The number of rotatable bonds is 1. The molecular weight excluding hydrogens is 311 g/mol. The molecule has 0 N–H and O–H groups in total. The van der Waals surface area contributed by atoms with Crippen LogP contribution in [0.25, 0.3) is 64.6 Å². The van der Waals surface area contributed by atoms with Crippen LogP contribution in [-0.2, 0) is 6.32 Å². The van der Waals surface area contributed by atoms with Gasteiger partial charge in [-0.25, -0.2) is 0 Å². The van der Waals surface area contributed by atoms with E-state index in [1.165, 1.54) is 70.2 Å². The first kappa shape index (κ1) is 13.2. The molecule has 0 saturated heterocycles. The molecular formula is C25H13B. The molecule has 7 aromatic rings. The zero-order valence-electron chi connectivity index (χ0n) is 14.1. The fourth-order valence-electron chi connectivity index (χ4n) is 5.23. The lowest BCUT2D eigenvalue weighted by molar-refractivity contribution is 1.47. The maximum Gasteiger partial charge on any atom is 0.0716 e. The third kappa shape index (κ3) is 1.30. The predicted octanol–water partition coefficient (Wildman–Crippen LogP) is 6.59. The molecule has 0 aromatic heterocycles. The van der Waals surface area contributed by atoms with Gasteiger partial charge in [-0.3, -0.25) is 0 Å². The van der Waals surface area contributed by atoms with Crippen LogP contribution in [0.1, 0.15) is 5.56 Å². The molecule has 0 heterocycles. The first-order chi connectivity index (χ1) is 12.8. The second kappa shape index (κ2) is 4.19. The van der Waals surface area contributed by atoms with Gasteiger partial charge in [-0.1, -0.05) is 73.1 Å². The van der Waals surface area contributed by atoms with E-state index in [4.69, 9.17) is 7.85 Å². The monoisotopic (exact) mass is 324 g/mol. The third-order valence-electron chi connectivity index (χ3n) is 6.31. The van der Waals surface area contributed by atoms with Crippen molar-refractivity contribution in [1.82, 2.24) is 0 Å². The van der Waals surface area contributed by atoms with Crippen molar-refractivity contribution in [2.75, 3.05) is 0 Å². The van der Waals surface area contributed by atoms with Gasteiger partial charge in [0.05, 0.1) is 7.85 Å². The smallest absolute Gasteiger partial charge is 0.0637 e. The van der Waals surface area contributed by atoms with E-state index in [1.54, 1.807) is 0 Å². The highest BCUT2D eigenvalue weighted by molar-refractivity contribution is 6.44. The second-order valence-corrected chi connectivity index (χ2v) is 7.48. The third-order valence-corrected chi connectivity index (χ3v) is 6.31. The molecule has 0 amide bonds. The summed E-state index contributed by atoms with van der Waals surface area (Å²) in [5.74, 6) is 0. The summed E-state index contributed by atoms with van der Waals surface area (Å²) in [6.45, 7) is 0. The number of benzene rings is 7. The van der Waals surface area contributed by atoms with E-state index in [0.29, 0.717) is 6.32 Å². The zero-order chi connectivity index (χ0) is 17.0. The average molecular weight is 324 g/mol. The van der Waals surface area contributed by atoms with Crippen molar-refractivity contribution in [3.8, 4) is 0 Å². The Morgan fingerprint density at radius 3 is 1.35 bits per heavy atom. The summed E-state index contributed by atoms with van der Waals surface area (Å²) in [6, 6.07) is 24.9. The zero-order valence-corrected chi connectivity index (χ0v) is 14.1. The molecule has 0 bridgehead atoms. The average Bonchev–Trinajstić information content (AvgIpc) is 2.71. The van der Waals surface area contributed by atoms with Crippen molar-refractivity contribution in [2.24, 2.45) is 0 Å². The van der Waals surface area contributed by atoms with Crippen LogP contribution in [0.2, 0.25) is 0 Å². The molecule has 0 saturated carbocycles. The largest absolute Gasteiger partial charge is 0.0716 e. The Hall–Kier alpha value is -3.06. The summed E-state index contributed by atoms with van der Waals surface area (Å²) < 4.78 is 0. The summed E-state index contributed by atoms with van der Waals surface area (Å²) in [6.07, 6.45) is 0.567. The maximum absolute atomic E-state index is 6.13. The molecule has 0 spiro atoms. The molecule has 0 aliphatic carbocycles. The van der Waals surface area contributed by atoms with Gasteiger partial charge in [0.15, 0.2) is 0 Å². The molecule has 0 unspecified atom stereocenters. The van der Waals surface area contributed by atoms with Crippen LogP contribution in [0, 0.1) is 0 Å². The Kier molecular flexibility index (Phi) is 2.12. The van der Waals surface area contributed by atoms with Crippen molar-refractivity contribution in [2.45, 2.75) is 6.32 Å². The molecule has 0 aliphatic heterocycles. The van der Waals surface area contributed by atoms with E-state index < -0.39 is 0 Å². The number of hydrogen-bond donors (Lipinski definition) is 0.